The second kappa shape index (κ2) is 7.13. The van der Waals surface area contributed by atoms with E-state index in [0.29, 0.717) is 34.4 Å². The highest BCUT2D eigenvalue weighted by Crippen LogP contribution is 2.33. The number of rotatable bonds is 5. The Kier molecular flexibility index (Phi) is 4.35. The summed E-state index contributed by atoms with van der Waals surface area (Å²) in [5, 5.41) is 16.5. The summed E-state index contributed by atoms with van der Waals surface area (Å²) < 4.78 is 12.2. The summed E-state index contributed by atoms with van der Waals surface area (Å²) in [4.78, 5) is 8.15. The Morgan fingerprint density at radius 1 is 1.25 bits per heavy atom. The first-order chi connectivity index (χ1) is 13.7. The quantitative estimate of drug-likeness (QED) is 0.546. The van der Waals surface area contributed by atoms with E-state index < -0.39 is 0 Å². The topological polar surface area (TPSA) is 128 Å². The molecule has 4 rings (SSSR count). The molecule has 2 heterocycles. The zero-order chi connectivity index (χ0) is 19.5. The largest absolute Gasteiger partial charge is 0.496 e. The lowest BCUT2D eigenvalue weighted by Gasteiger charge is -2.09. The van der Waals surface area contributed by atoms with Crippen molar-refractivity contribution in [2.45, 2.75) is 0 Å². The number of hydrogen-bond donors (Lipinski definition) is 2. The number of nitriles is 1. The number of hydrogen-bond acceptors (Lipinski definition) is 8. The van der Waals surface area contributed by atoms with Crippen LogP contribution in [0.4, 0.5) is 17.6 Å². The van der Waals surface area contributed by atoms with E-state index in [0.717, 1.165) is 5.56 Å². The van der Waals surface area contributed by atoms with Crippen LogP contribution in [0.15, 0.2) is 59.5 Å². The van der Waals surface area contributed by atoms with Crippen molar-refractivity contribution in [3.63, 3.8) is 0 Å². The van der Waals surface area contributed by atoms with Crippen LogP contribution in [0.3, 0.4) is 0 Å². The maximum Gasteiger partial charge on any atom is 0.248 e. The van der Waals surface area contributed by atoms with Gasteiger partial charge in [0.15, 0.2) is 12.2 Å². The Bertz CT molecular complexity index is 1160. The van der Waals surface area contributed by atoms with Crippen LogP contribution in [-0.4, -0.2) is 26.9 Å². The minimum atomic E-state index is 0.197. The Balaban J connectivity index is 1.62. The third kappa shape index (κ3) is 3.22. The van der Waals surface area contributed by atoms with Crippen molar-refractivity contribution in [3.8, 4) is 28.8 Å². The molecule has 0 spiro atoms. The Morgan fingerprint density at radius 2 is 2.14 bits per heavy atom. The van der Waals surface area contributed by atoms with Crippen molar-refractivity contribution in [1.29, 1.82) is 5.26 Å². The Hall–Kier alpha value is -4.32. The number of nitrogens with zero attached hydrogens (tertiary/aromatic N) is 5. The molecule has 3 N–H and O–H groups in total. The van der Waals surface area contributed by atoms with Gasteiger partial charge in [0.1, 0.15) is 5.75 Å². The summed E-state index contributed by atoms with van der Waals surface area (Å²) in [6.45, 7) is 0. The molecule has 0 fully saturated rings. The molecule has 0 bridgehead atoms. The molecule has 9 nitrogen and oxygen atoms in total. The van der Waals surface area contributed by atoms with Crippen LogP contribution >= 0.6 is 0 Å². The molecule has 2 aromatic heterocycles. The van der Waals surface area contributed by atoms with E-state index >= 15 is 0 Å². The third-order valence-electron chi connectivity index (χ3n) is 4.01. The molecule has 0 saturated carbocycles. The van der Waals surface area contributed by atoms with Gasteiger partial charge in [0.25, 0.3) is 0 Å². The van der Waals surface area contributed by atoms with Crippen LogP contribution < -0.4 is 15.8 Å². The van der Waals surface area contributed by atoms with Crippen molar-refractivity contribution >= 4 is 17.6 Å². The molecule has 0 atom stereocenters. The molecular formula is C19H15N7O2. The fourth-order valence-electron chi connectivity index (χ4n) is 2.72. The number of aromatic nitrogens is 4. The summed E-state index contributed by atoms with van der Waals surface area (Å²) in [5.41, 5.74) is 8.63. The number of nitrogens with two attached hydrogens (primary N) is 1. The molecule has 4 aromatic rings. The zero-order valence-electron chi connectivity index (χ0n) is 14.8. The molecule has 0 unspecified atom stereocenters. The number of benzene rings is 2. The molecule has 0 radical (unpaired) electrons. The van der Waals surface area contributed by atoms with Crippen LogP contribution in [0.1, 0.15) is 5.56 Å². The fourth-order valence-corrected chi connectivity index (χ4v) is 2.72. The predicted molar refractivity (Wildman–Crippen MR) is 102 cm³/mol. The number of nitrogen functional groups attached to an aromatic ring is 1. The lowest BCUT2D eigenvalue weighted by Crippen LogP contribution is -2.02. The van der Waals surface area contributed by atoms with E-state index in [1.165, 1.54) is 11.1 Å². The van der Waals surface area contributed by atoms with Gasteiger partial charge in [-0.25, -0.2) is 4.98 Å². The van der Waals surface area contributed by atoms with Gasteiger partial charge >= 0.3 is 0 Å². The average Bonchev–Trinajstić information content (AvgIpc) is 3.38. The summed E-state index contributed by atoms with van der Waals surface area (Å²) in [5.74, 6) is 1.72. The summed E-state index contributed by atoms with van der Waals surface area (Å²) in [6.07, 6.45) is 2.98. The molecule has 0 aliphatic heterocycles. The number of methoxy groups -OCH3 is 1. The van der Waals surface area contributed by atoms with Crippen molar-refractivity contribution in [1.82, 2.24) is 19.7 Å². The van der Waals surface area contributed by atoms with Gasteiger partial charge in [-0.3, -0.25) is 0 Å². The molecule has 0 saturated heterocycles. The van der Waals surface area contributed by atoms with Crippen LogP contribution in [0, 0.1) is 11.3 Å². The second-order valence-electron chi connectivity index (χ2n) is 5.77. The standard InChI is InChI=1S/C19H15N7O2/c1-27-16-8-13(5-6-15(16)17-10-22-11-28-17)23-19-24-18(21)26(25-19)14-4-2-3-12(7-14)9-20/h2-8,10-11H,1H3,(H3,21,23,24,25). The lowest BCUT2D eigenvalue weighted by molar-refractivity contribution is 0.415. The first kappa shape index (κ1) is 17.1. The SMILES string of the molecule is COc1cc(Nc2nc(N)n(-c3cccc(C#N)c3)n2)ccc1-c1cnco1. The van der Waals surface area contributed by atoms with Crippen molar-refractivity contribution in [2.24, 2.45) is 0 Å². The van der Waals surface area contributed by atoms with Gasteiger partial charge in [0.05, 0.1) is 36.2 Å². The van der Waals surface area contributed by atoms with Gasteiger partial charge in [0.2, 0.25) is 11.9 Å². The van der Waals surface area contributed by atoms with Gasteiger partial charge in [-0.1, -0.05) is 6.07 Å². The predicted octanol–water partition coefficient (Wildman–Crippen LogP) is 3.13. The molecular weight excluding hydrogens is 358 g/mol. The number of anilines is 3. The molecule has 2 aromatic carbocycles. The number of ether oxygens (including phenoxy) is 1. The van der Waals surface area contributed by atoms with E-state index in [4.69, 9.17) is 20.1 Å². The maximum atomic E-state index is 9.06. The van der Waals surface area contributed by atoms with Crippen LogP contribution in [0.25, 0.3) is 17.0 Å². The first-order valence-electron chi connectivity index (χ1n) is 8.25. The van der Waals surface area contributed by atoms with E-state index in [1.807, 2.05) is 12.1 Å². The van der Waals surface area contributed by atoms with Crippen molar-refractivity contribution in [2.75, 3.05) is 18.2 Å². The molecule has 0 aliphatic rings. The molecule has 0 amide bonds. The van der Waals surface area contributed by atoms with E-state index in [9.17, 15) is 0 Å². The van der Waals surface area contributed by atoms with Gasteiger partial charge < -0.3 is 20.2 Å². The highest BCUT2D eigenvalue weighted by molar-refractivity contribution is 5.71. The fraction of sp³-hybridized carbons (Fsp3) is 0.0526. The normalized spacial score (nSPS) is 10.4. The number of nitrogens with one attached hydrogen (secondary N) is 1. The van der Waals surface area contributed by atoms with Crippen LogP contribution in [0.5, 0.6) is 5.75 Å². The first-order valence-corrected chi connectivity index (χ1v) is 8.25. The monoisotopic (exact) mass is 373 g/mol. The third-order valence-corrected chi connectivity index (χ3v) is 4.01. The average molecular weight is 373 g/mol. The highest BCUT2D eigenvalue weighted by atomic mass is 16.5. The summed E-state index contributed by atoms with van der Waals surface area (Å²) >= 11 is 0. The van der Waals surface area contributed by atoms with Gasteiger partial charge in [-0.15, -0.1) is 5.10 Å². The van der Waals surface area contributed by atoms with E-state index in [2.05, 4.69) is 26.5 Å². The highest BCUT2D eigenvalue weighted by Gasteiger charge is 2.13. The van der Waals surface area contributed by atoms with Crippen LogP contribution in [0.2, 0.25) is 0 Å². The van der Waals surface area contributed by atoms with Gasteiger partial charge in [-0.2, -0.15) is 14.9 Å². The second-order valence-corrected chi connectivity index (χ2v) is 5.77. The van der Waals surface area contributed by atoms with E-state index in [1.54, 1.807) is 43.6 Å². The minimum absolute atomic E-state index is 0.197. The maximum absolute atomic E-state index is 9.06. The van der Waals surface area contributed by atoms with E-state index in [-0.39, 0.29) is 5.95 Å². The summed E-state index contributed by atoms with van der Waals surface area (Å²) in [6, 6.07) is 14.5. The molecule has 28 heavy (non-hydrogen) atoms. The minimum Gasteiger partial charge on any atom is -0.496 e. The van der Waals surface area contributed by atoms with Crippen molar-refractivity contribution in [3.05, 3.63) is 60.6 Å². The number of oxazole rings is 1. The summed E-state index contributed by atoms with van der Waals surface area (Å²) in [7, 11) is 1.58. The molecule has 0 aliphatic carbocycles. The van der Waals surface area contributed by atoms with Crippen molar-refractivity contribution < 1.29 is 9.15 Å². The smallest absolute Gasteiger partial charge is 0.248 e. The molecule has 9 heteroatoms. The van der Waals surface area contributed by atoms with Gasteiger partial charge in [0, 0.05) is 11.8 Å². The van der Waals surface area contributed by atoms with Crippen LogP contribution in [-0.2, 0) is 0 Å². The lowest BCUT2D eigenvalue weighted by atomic mass is 10.1. The zero-order valence-corrected chi connectivity index (χ0v) is 14.8. The van der Waals surface area contributed by atoms with Gasteiger partial charge in [-0.05, 0) is 30.3 Å². The molecule has 138 valence electrons. The Morgan fingerprint density at radius 3 is 2.89 bits per heavy atom. The Labute approximate surface area is 160 Å².